The van der Waals surface area contributed by atoms with Crippen LogP contribution in [-0.4, -0.2) is 23.9 Å². The fraction of sp³-hybridized carbons (Fsp3) is 0.500. The Labute approximate surface area is 129 Å². The van der Waals surface area contributed by atoms with Gasteiger partial charge in [-0.1, -0.05) is 25.1 Å². The number of anilines is 1. The van der Waals surface area contributed by atoms with Gasteiger partial charge in [0.05, 0.1) is 0 Å². The third-order valence-electron chi connectivity index (χ3n) is 3.54. The lowest BCUT2D eigenvalue weighted by molar-refractivity contribution is -0.304. The van der Waals surface area contributed by atoms with Crippen LogP contribution in [0.5, 0.6) is 0 Å². The van der Waals surface area contributed by atoms with Gasteiger partial charge >= 0.3 is 18.4 Å². The number of urea groups is 1. The van der Waals surface area contributed by atoms with Crippen LogP contribution in [0.15, 0.2) is 18.2 Å². The Morgan fingerprint density at radius 1 is 1.00 bits per heavy atom. The minimum Gasteiger partial charge on any atom is -0.316 e. The van der Waals surface area contributed by atoms with Crippen molar-refractivity contribution >= 4 is 11.7 Å². The molecular formula is C14H16F6N2O. The molecule has 9 heteroatoms. The number of carbonyl (C=O) groups excluding carboxylic acids is 1. The summed E-state index contributed by atoms with van der Waals surface area (Å²) in [6.45, 7) is 3.85. The molecule has 0 fully saturated rings. The molecule has 0 radical (unpaired) electrons. The summed E-state index contributed by atoms with van der Waals surface area (Å²) in [6.07, 6.45) is -12.7. The van der Waals surface area contributed by atoms with Gasteiger partial charge in [-0.05, 0) is 31.4 Å². The number of halogens is 6. The second kappa shape index (κ2) is 6.29. The van der Waals surface area contributed by atoms with Gasteiger partial charge in [0.1, 0.15) is 0 Å². The third kappa shape index (κ3) is 3.70. The molecule has 0 saturated carbocycles. The number of benzene rings is 1. The van der Waals surface area contributed by atoms with E-state index in [4.69, 9.17) is 0 Å². The van der Waals surface area contributed by atoms with E-state index in [-0.39, 0.29) is 5.69 Å². The van der Waals surface area contributed by atoms with Gasteiger partial charge in [-0.3, -0.25) is 0 Å². The number of hydrogen-bond acceptors (Lipinski definition) is 1. The zero-order chi connectivity index (χ0) is 18.1. The Kier molecular flexibility index (Phi) is 5.23. The first-order valence-electron chi connectivity index (χ1n) is 6.64. The maximum absolute atomic E-state index is 13.0. The minimum atomic E-state index is -5.68. The zero-order valence-electron chi connectivity index (χ0n) is 12.6. The highest BCUT2D eigenvalue weighted by Crippen LogP contribution is 2.45. The first-order valence-corrected chi connectivity index (χ1v) is 6.64. The highest BCUT2D eigenvalue weighted by Gasteiger charge is 2.70. The molecule has 0 heterocycles. The zero-order valence-corrected chi connectivity index (χ0v) is 12.6. The molecule has 0 spiro atoms. The lowest BCUT2D eigenvalue weighted by Gasteiger charge is -2.37. The molecule has 0 aromatic heterocycles. The topological polar surface area (TPSA) is 41.1 Å². The van der Waals surface area contributed by atoms with Crippen LogP contribution in [0.2, 0.25) is 0 Å². The molecule has 0 aliphatic rings. The number of rotatable bonds is 3. The van der Waals surface area contributed by atoms with E-state index in [1.165, 1.54) is 0 Å². The van der Waals surface area contributed by atoms with E-state index >= 15 is 0 Å². The largest absolute Gasteiger partial charge is 0.420 e. The second-order valence-corrected chi connectivity index (χ2v) is 5.10. The molecular weight excluding hydrogens is 326 g/mol. The Bertz CT molecular complexity index is 545. The second-order valence-electron chi connectivity index (χ2n) is 5.10. The van der Waals surface area contributed by atoms with Crippen LogP contribution >= 0.6 is 0 Å². The third-order valence-corrected chi connectivity index (χ3v) is 3.54. The van der Waals surface area contributed by atoms with Crippen LogP contribution in [0.25, 0.3) is 0 Å². The van der Waals surface area contributed by atoms with Gasteiger partial charge in [0.2, 0.25) is 5.54 Å². The van der Waals surface area contributed by atoms with E-state index in [1.807, 2.05) is 0 Å². The highest BCUT2D eigenvalue weighted by atomic mass is 19.4. The standard InChI is InChI=1S/C14H16F6N2O/c1-4-12(13(15,16)17,14(18,19)20)22-11(23)21-10-8(2)6-5-7-9(10)3/h5-7H,4H2,1-3H3,(H2,21,22,23). The number of hydrogen-bond donors (Lipinski definition) is 2. The maximum atomic E-state index is 13.0. The first kappa shape index (κ1) is 19.1. The van der Waals surface area contributed by atoms with E-state index < -0.39 is 30.3 Å². The van der Waals surface area contributed by atoms with Gasteiger partial charge in [-0.15, -0.1) is 0 Å². The van der Waals surface area contributed by atoms with Gasteiger partial charge in [-0.2, -0.15) is 26.3 Å². The summed E-state index contributed by atoms with van der Waals surface area (Å²) in [5.41, 5.74) is -3.11. The molecule has 0 unspecified atom stereocenters. The molecule has 1 aromatic carbocycles. The molecule has 130 valence electrons. The fourth-order valence-electron chi connectivity index (χ4n) is 2.14. The van der Waals surface area contributed by atoms with Crippen LogP contribution in [0.1, 0.15) is 24.5 Å². The molecule has 23 heavy (non-hydrogen) atoms. The van der Waals surface area contributed by atoms with Crippen LogP contribution in [0.4, 0.5) is 36.8 Å². The monoisotopic (exact) mass is 342 g/mol. The summed E-state index contributed by atoms with van der Waals surface area (Å²) < 4.78 is 77.8. The van der Waals surface area contributed by atoms with Gasteiger partial charge in [0, 0.05) is 5.69 Å². The summed E-state index contributed by atoms with van der Waals surface area (Å²) in [6, 6.07) is 3.22. The van der Waals surface area contributed by atoms with E-state index in [0.717, 1.165) is 5.32 Å². The van der Waals surface area contributed by atoms with Crippen molar-refractivity contribution in [3.63, 3.8) is 0 Å². The molecule has 0 aliphatic carbocycles. The molecule has 0 aliphatic heterocycles. The van der Waals surface area contributed by atoms with Crippen molar-refractivity contribution < 1.29 is 31.1 Å². The maximum Gasteiger partial charge on any atom is 0.420 e. The normalized spacial score (nSPS) is 12.9. The Morgan fingerprint density at radius 3 is 1.78 bits per heavy atom. The van der Waals surface area contributed by atoms with Gasteiger partial charge in [-0.25, -0.2) is 4.79 Å². The molecule has 0 bridgehead atoms. The highest BCUT2D eigenvalue weighted by molar-refractivity contribution is 5.91. The lowest BCUT2D eigenvalue weighted by atomic mass is 9.94. The minimum absolute atomic E-state index is 0.166. The molecule has 1 rings (SSSR count). The predicted octanol–water partition coefficient (Wildman–Crippen LogP) is 4.70. The fourth-order valence-corrected chi connectivity index (χ4v) is 2.14. The van der Waals surface area contributed by atoms with Crippen molar-refractivity contribution in [3.8, 4) is 0 Å². The molecule has 1 aromatic rings. The van der Waals surface area contributed by atoms with Crippen LogP contribution in [-0.2, 0) is 0 Å². The van der Waals surface area contributed by atoms with Crippen LogP contribution < -0.4 is 10.6 Å². The lowest BCUT2D eigenvalue weighted by Crippen LogP contribution is -2.67. The van der Waals surface area contributed by atoms with Crippen LogP contribution in [0, 0.1) is 13.8 Å². The molecule has 0 saturated heterocycles. The van der Waals surface area contributed by atoms with E-state index in [2.05, 4.69) is 5.32 Å². The smallest absolute Gasteiger partial charge is 0.316 e. The van der Waals surface area contributed by atoms with Gasteiger partial charge in [0.25, 0.3) is 0 Å². The van der Waals surface area contributed by atoms with Crippen LogP contribution in [0.3, 0.4) is 0 Å². The number of para-hydroxylation sites is 1. The van der Waals surface area contributed by atoms with Crippen molar-refractivity contribution in [2.75, 3.05) is 5.32 Å². The van der Waals surface area contributed by atoms with Crippen molar-refractivity contribution in [1.82, 2.24) is 5.32 Å². The van der Waals surface area contributed by atoms with E-state index in [1.54, 1.807) is 32.0 Å². The summed E-state index contributed by atoms with van der Waals surface area (Å²) in [7, 11) is 0. The predicted molar refractivity (Wildman–Crippen MR) is 73.2 cm³/mol. The van der Waals surface area contributed by atoms with Crippen molar-refractivity contribution in [2.24, 2.45) is 0 Å². The summed E-state index contributed by atoms with van der Waals surface area (Å²) in [5, 5.41) is 3.13. The van der Waals surface area contributed by atoms with Crippen molar-refractivity contribution in [1.29, 1.82) is 0 Å². The number of carbonyl (C=O) groups is 1. The van der Waals surface area contributed by atoms with Crippen molar-refractivity contribution in [3.05, 3.63) is 29.3 Å². The Balaban J connectivity index is 3.13. The Hall–Kier alpha value is -1.93. The quantitative estimate of drug-likeness (QED) is 0.768. The molecule has 0 atom stereocenters. The molecule has 2 amide bonds. The van der Waals surface area contributed by atoms with Gasteiger partial charge < -0.3 is 10.6 Å². The Morgan fingerprint density at radius 2 is 1.43 bits per heavy atom. The summed E-state index contributed by atoms with van der Waals surface area (Å²) in [4.78, 5) is 11.8. The average molecular weight is 342 g/mol. The van der Waals surface area contributed by atoms with E-state index in [9.17, 15) is 31.1 Å². The average Bonchev–Trinajstić information content (AvgIpc) is 2.37. The number of amides is 2. The van der Waals surface area contributed by atoms with Crippen molar-refractivity contribution in [2.45, 2.75) is 45.1 Å². The SMILES string of the molecule is CCC(NC(=O)Nc1c(C)cccc1C)(C(F)(F)F)C(F)(F)F. The number of nitrogens with one attached hydrogen (secondary N) is 2. The van der Waals surface area contributed by atoms with Gasteiger partial charge in [0.15, 0.2) is 0 Å². The number of aryl methyl sites for hydroxylation is 2. The number of alkyl halides is 6. The summed E-state index contributed by atoms with van der Waals surface area (Å²) >= 11 is 0. The van der Waals surface area contributed by atoms with E-state index in [0.29, 0.717) is 18.1 Å². The summed E-state index contributed by atoms with van der Waals surface area (Å²) in [5.74, 6) is 0. The molecule has 3 nitrogen and oxygen atoms in total. The molecule has 2 N–H and O–H groups in total. The first-order chi connectivity index (χ1) is 10.4.